The second-order valence-electron chi connectivity index (χ2n) is 5.79. The second-order valence-corrected chi connectivity index (χ2v) is 5.79. The smallest absolute Gasteiger partial charge is 0.170 e. The highest BCUT2D eigenvalue weighted by Gasteiger charge is 2.15. The van der Waals surface area contributed by atoms with E-state index >= 15 is 0 Å². The van der Waals surface area contributed by atoms with Crippen LogP contribution in [0.25, 0.3) is 0 Å². The maximum atomic E-state index is 6.02. The van der Waals surface area contributed by atoms with Crippen molar-refractivity contribution in [3.05, 3.63) is 96.1 Å². The number of benzene rings is 3. The summed E-state index contributed by atoms with van der Waals surface area (Å²) in [6.45, 7) is 4.18. The van der Waals surface area contributed by atoms with Crippen LogP contribution in [0.15, 0.2) is 84.9 Å². The van der Waals surface area contributed by atoms with Crippen LogP contribution in [0.5, 0.6) is 11.5 Å². The molecule has 0 bridgehead atoms. The Kier molecular flexibility index (Phi) is 5.29. The van der Waals surface area contributed by atoms with Crippen LogP contribution in [-0.2, 0) is 4.74 Å². The molecule has 1 aliphatic heterocycles. The normalized spacial score (nSPS) is 13.6. The van der Waals surface area contributed by atoms with Gasteiger partial charge in [-0.25, -0.2) is 0 Å². The zero-order valence-electron chi connectivity index (χ0n) is 14.1. The van der Waals surface area contributed by atoms with Gasteiger partial charge in [-0.05, 0) is 37.1 Å². The predicted octanol–water partition coefficient (Wildman–Crippen LogP) is 6.32. The van der Waals surface area contributed by atoms with Gasteiger partial charge < -0.3 is 9.47 Å². The molecule has 0 radical (unpaired) electrons. The lowest BCUT2D eigenvalue weighted by Gasteiger charge is -2.19. The Morgan fingerprint density at radius 2 is 0.958 bits per heavy atom. The Morgan fingerprint density at radius 3 is 1.33 bits per heavy atom. The third-order valence-electron chi connectivity index (χ3n) is 3.97. The summed E-state index contributed by atoms with van der Waals surface area (Å²) in [5.41, 5.74) is 2.44. The fraction of sp³-hybridized carbons (Fsp3) is 0.182. The van der Waals surface area contributed by atoms with Crippen molar-refractivity contribution in [2.75, 3.05) is 0 Å². The summed E-state index contributed by atoms with van der Waals surface area (Å²) in [4.78, 5) is 0. The highest BCUT2D eigenvalue weighted by molar-refractivity contribution is 5.53. The van der Waals surface area contributed by atoms with Gasteiger partial charge in [-0.1, -0.05) is 72.8 Å². The van der Waals surface area contributed by atoms with Gasteiger partial charge in [-0.15, -0.1) is 0 Å². The first-order valence-electron chi connectivity index (χ1n) is 8.26. The van der Waals surface area contributed by atoms with E-state index in [2.05, 4.69) is 38.1 Å². The Balaban J connectivity index is 0.000000198. The van der Waals surface area contributed by atoms with E-state index < -0.39 is 0 Å². The van der Waals surface area contributed by atoms with Crippen molar-refractivity contribution >= 4 is 0 Å². The maximum Gasteiger partial charge on any atom is 0.170 e. The van der Waals surface area contributed by atoms with Gasteiger partial charge in [0.1, 0.15) is 0 Å². The Labute approximate surface area is 143 Å². The fourth-order valence-electron chi connectivity index (χ4n) is 2.52. The van der Waals surface area contributed by atoms with E-state index in [0.29, 0.717) is 0 Å². The molecule has 2 nitrogen and oxygen atoms in total. The molecule has 2 atom stereocenters. The summed E-state index contributed by atoms with van der Waals surface area (Å²) < 4.78 is 11.0. The second kappa shape index (κ2) is 7.80. The Bertz CT molecular complexity index is 689. The van der Waals surface area contributed by atoms with E-state index in [0.717, 1.165) is 11.5 Å². The van der Waals surface area contributed by atoms with Crippen molar-refractivity contribution < 1.29 is 9.47 Å². The molecule has 0 aromatic heterocycles. The number of fused-ring (bicyclic) bond motifs is 1. The highest BCUT2D eigenvalue weighted by atomic mass is 16.6. The monoisotopic (exact) mass is 318 g/mol. The quantitative estimate of drug-likeness (QED) is 0.411. The Hall–Kier alpha value is -2.58. The minimum atomic E-state index is 0.117. The van der Waals surface area contributed by atoms with Gasteiger partial charge in [-0.2, -0.15) is 0 Å². The van der Waals surface area contributed by atoms with Crippen LogP contribution in [0.1, 0.15) is 37.2 Å². The van der Waals surface area contributed by atoms with E-state index in [-0.39, 0.29) is 12.2 Å². The predicted molar refractivity (Wildman–Crippen MR) is 97.3 cm³/mol. The molecule has 4 rings (SSSR count). The van der Waals surface area contributed by atoms with Crippen molar-refractivity contribution in [2.45, 2.75) is 26.1 Å². The number of hydrogen-bond donors (Lipinski definition) is 0. The van der Waals surface area contributed by atoms with Crippen molar-refractivity contribution in [3.63, 3.8) is 0 Å². The molecule has 0 amide bonds. The third-order valence-corrected chi connectivity index (χ3v) is 3.97. The number of hydrogen-bond acceptors (Lipinski definition) is 2. The average molecular weight is 318 g/mol. The third kappa shape index (κ3) is 4.46. The minimum Gasteiger partial charge on any atom is -0.450 e. The summed E-state index contributed by atoms with van der Waals surface area (Å²) in [6, 6.07) is 28.5. The molecule has 24 heavy (non-hydrogen) atoms. The molecule has 122 valence electrons. The largest absolute Gasteiger partial charge is 0.450 e. The van der Waals surface area contributed by atoms with E-state index in [1.807, 2.05) is 60.7 Å². The maximum absolute atomic E-state index is 6.02. The average Bonchev–Trinajstić information content (AvgIpc) is 3.43. The number of para-hydroxylation sites is 2. The van der Waals surface area contributed by atoms with E-state index in [9.17, 15) is 0 Å². The zero-order valence-corrected chi connectivity index (χ0v) is 14.1. The summed E-state index contributed by atoms with van der Waals surface area (Å²) in [6.07, 6.45) is 0.234. The first-order chi connectivity index (χ1) is 11.7. The highest BCUT2D eigenvalue weighted by Crippen LogP contribution is 2.43. The summed E-state index contributed by atoms with van der Waals surface area (Å²) >= 11 is 0. The van der Waals surface area contributed by atoms with Gasteiger partial charge in [0.25, 0.3) is 0 Å². The van der Waals surface area contributed by atoms with Gasteiger partial charge in [0, 0.05) is 0 Å². The molecule has 0 spiro atoms. The van der Waals surface area contributed by atoms with Gasteiger partial charge in [0.2, 0.25) is 0 Å². The molecule has 0 saturated carbocycles. The molecule has 1 heterocycles. The lowest BCUT2D eigenvalue weighted by atomic mass is 10.1. The van der Waals surface area contributed by atoms with E-state index in [1.165, 1.54) is 11.1 Å². The van der Waals surface area contributed by atoms with E-state index in [4.69, 9.17) is 9.47 Å². The lowest BCUT2D eigenvalue weighted by Crippen LogP contribution is -2.04. The van der Waals surface area contributed by atoms with Crippen molar-refractivity contribution in [2.24, 2.45) is 0 Å². The van der Waals surface area contributed by atoms with Gasteiger partial charge in [0.05, 0.1) is 12.2 Å². The van der Waals surface area contributed by atoms with Crippen molar-refractivity contribution in [1.29, 1.82) is 0 Å². The van der Waals surface area contributed by atoms with Crippen molar-refractivity contribution in [3.8, 4) is 11.5 Å². The van der Waals surface area contributed by atoms with Crippen LogP contribution in [0.4, 0.5) is 0 Å². The number of ether oxygens (including phenoxy) is 2. The summed E-state index contributed by atoms with van der Waals surface area (Å²) in [5, 5.41) is 0. The molecule has 0 N–H and O–H groups in total. The minimum absolute atomic E-state index is 0.117. The SMILES string of the molecule is CC(OC(C)c1ccccc1)c1ccccc1.c1ccc2c(c1)O2. The standard InChI is InChI=1S/C16H18O.C6H4O/c1-13(15-9-5-3-6-10-15)17-14(2)16-11-7-4-8-12-16;1-2-4-6-5(3-1)7-6/h3-14H,1-2H3;1-4H. The van der Waals surface area contributed by atoms with Crippen LogP contribution >= 0.6 is 0 Å². The van der Waals surface area contributed by atoms with E-state index in [1.54, 1.807) is 0 Å². The summed E-state index contributed by atoms with van der Waals surface area (Å²) in [7, 11) is 0. The van der Waals surface area contributed by atoms with Crippen LogP contribution < -0.4 is 4.74 Å². The molecule has 1 aliphatic rings. The van der Waals surface area contributed by atoms with Crippen LogP contribution in [-0.4, -0.2) is 0 Å². The first kappa shape index (κ1) is 16.3. The lowest BCUT2D eigenvalue weighted by molar-refractivity contribution is 0.00586. The molecule has 3 aromatic rings. The van der Waals surface area contributed by atoms with Gasteiger partial charge in [-0.3, -0.25) is 0 Å². The van der Waals surface area contributed by atoms with Gasteiger partial charge in [0.15, 0.2) is 11.5 Å². The first-order valence-corrected chi connectivity index (χ1v) is 8.26. The molecule has 0 aliphatic carbocycles. The molecule has 2 unspecified atom stereocenters. The topological polar surface area (TPSA) is 21.8 Å². The molecule has 3 aromatic carbocycles. The molecule has 0 fully saturated rings. The van der Waals surface area contributed by atoms with Crippen molar-refractivity contribution in [1.82, 2.24) is 0 Å². The van der Waals surface area contributed by atoms with Crippen LogP contribution in [0.3, 0.4) is 0 Å². The number of rotatable bonds is 4. The summed E-state index contributed by atoms with van der Waals surface area (Å²) in [5.74, 6) is 2.06. The molecule has 0 saturated heterocycles. The molecular formula is C22H22O2. The molecular weight excluding hydrogens is 296 g/mol. The van der Waals surface area contributed by atoms with Gasteiger partial charge >= 0.3 is 0 Å². The van der Waals surface area contributed by atoms with Crippen LogP contribution in [0, 0.1) is 0 Å². The molecule has 2 heteroatoms. The fourth-order valence-corrected chi connectivity index (χ4v) is 2.52. The zero-order chi connectivity index (χ0) is 16.8. The Morgan fingerprint density at radius 1 is 0.583 bits per heavy atom. The van der Waals surface area contributed by atoms with Crippen LogP contribution in [0.2, 0.25) is 0 Å².